The van der Waals surface area contributed by atoms with Gasteiger partial charge in [0.1, 0.15) is 0 Å². The molecule has 2 atom stereocenters. The molecule has 12 heavy (non-hydrogen) atoms. The molecule has 1 N–H and O–H groups in total. The van der Waals surface area contributed by atoms with E-state index in [1.54, 1.807) is 6.20 Å². The van der Waals surface area contributed by atoms with Crippen molar-refractivity contribution in [3.63, 3.8) is 0 Å². The average Bonchev–Trinajstić information content (AvgIpc) is 2.56. The molecule has 1 aliphatic rings. The maximum Gasteiger partial charge on any atom is 0.0560 e. The van der Waals surface area contributed by atoms with Gasteiger partial charge in [0.25, 0.3) is 0 Å². The zero-order valence-electron chi connectivity index (χ0n) is 7.06. The minimum atomic E-state index is -0.118. The number of aliphatic hydroxyl groups is 1. The molecular weight excluding hydrogens is 152 g/mol. The molecule has 2 unspecified atom stereocenters. The molecule has 0 aliphatic heterocycles. The summed E-state index contributed by atoms with van der Waals surface area (Å²) in [5.41, 5.74) is 0. The van der Waals surface area contributed by atoms with Crippen molar-refractivity contribution < 1.29 is 5.11 Å². The molecule has 0 aromatic carbocycles. The molecular formula is C9H14N2O. The van der Waals surface area contributed by atoms with E-state index in [-0.39, 0.29) is 6.10 Å². The molecule has 3 heteroatoms. The van der Waals surface area contributed by atoms with Crippen molar-refractivity contribution in [3.05, 3.63) is 18.5 Å². The Labute approximate surface area is 72.0 Å². The third kappa shape index (κ3) is 1.50. The maximum absolute atomic E-state index is 9.44. The van der Waals surface area contributed by atoms with Crippen molar-refractivity contribution in [2.24, 2.45) is 0 Å². The Bertz CT molecular complexity index is 233. The first-order valence-electron chi connectivity index (χ1n) is 4.53. The van der Waals surface area contributed by atoms with Crippen molar-refractivity contribution in [2.75, 3.05) is 0 Å². The minimum absolute atomic E-state index is 0.118. The highest BCUT2D eigenvalue weighted by atomic mass is 16.3. The summed E-state index contributed by atoms with van der Waals surface area (Å²) in [5, 5.41) is 13.6. The summed E-state index contributed by atoms with van der Waals surface area (Å²) in [4.78, 5) is 0. The summed E-state index contributed by atoms with van der Waals surface area (Å²) >= 11 is 0. The SMILES string of the molecule is OC1CCCC(n2cccn2)C1. The maximum atomic E-state index is 9.44. The van der Waals surface area contributed by atoms with E-state index < -0.39 is 0 Å². The molecule has 66 valence electrons. The Morgan fingerprint density at radius 2 is 2.33 bits per heavy atom. The van der Waals surface area contributed by atoms with E-state index in [1.807, 2.05) is 16.9 Å². The fraction of sp³-hybridized carbons (Fsp3) is 0.667. The molecule has 1 aliphatic carbocycles. The van der Waals surface area contributed by atoms with Gasteiger partial charge >= 0.3 is 0 Å². The third-order valence-electron chi connectivity index (χ3n) is 2.52. The number of hydrogen-bond donors (Lipinski definition) is 1. The fourth-order valence-corrected chi connectivity index (χ4v) is 1.88. The summed E-state index contributed by atoms with van der Waals surface area (Å²) < 4.78 is 1.96. The number of nitrogens with zero attached hydrogens (tertiary/aromatic N) is 2. The predicted octanol–water partition coefficient (Wildman–Crippen LogP) is 1.36. The molecule has 0 radical (unpaired) electrons. The second-order valence-electron chi connectivity index (χ2n) is 3.46. The van der Waals surface area contributed by atoms with Crippen molar-refractivity contribution >= 4 is 0 Å². The van der Waals surface area contributed by atoms with Crippen LogP contribution in [0, 0.1) is 0 Å². The van der Waals surface area contributed by atoms with Crippen LogP contribution in [-0.2, 0) is 0 Å². The molecule has 1 heterocycles. The molecule has 0 amide bonds. The topological polar surface area (TPSA) is 38.0 Å². The lowest BCUT2D eigenvalue weighted by Crippen LogP contribution is -2.22. The molecule has 3 nitrogen and oxygen atoms in total. The highest BCUT2D eigenvalue weighted by molar-refractivity contribution is 4.84. The Morgan fingerprint density at radius 1 is 1.42 bits per heavy atom. The van der Waals surface area contributed by atoms with Crippen LogP contribution in [0.25, 0.3) is 0 Å². The Hall–Kier alpha value is -0.830. The van der Waals surface area contributed by atoms with Gasteiger partial charge in [-0.05, 0) is 31.7 Å². The van der Waals surface area contributed by atoms with Crippen LogP contribution in [0.5, 0.6) is 0 Å². The predicted molar refractivity (Wildman–Crippen MR) is 45.7 cm³/mol. The standard InChI is InChI=1S/C9H14N2O/c12-9-4-1-3-8(7-9)11-6-2-5-10-11/h2,5-6,8-9,12H,1,3-4,7H2. The van der Waals surface area contributed by atoms with Crippen LogP contribution in [0.4, 0.5) is 0 Å². The normalized spacial score (nSPS) is 30.4. The first-order valence-corrected chi connectivity index (χ1v) is 4.53. The van der Waals surface area contributed by atoms with Gasteiger partial charge < -0.3 is 5.11 Å². The van der Waals surface area contributed by atoms with Crippen molar-refractivity contribution in [2.45, 2.75) is 37.8 Å². The van der Waals surface area contributed by atoms with Gasteiger partial charge in [-0.25, -0.2) is 0 Å². The molecule has 0 saturated heterocycles. The molecule has 0 bridgehead atoms. The fourth-order valence-electron chi connectivity index (χ4n) is 1.88. The quantitative estimate of drug-likeness (QED) is 0.684. The van der Waals surface area contributed by atoms with E-state index in [0.717, 1.165) is 25.7 Å². The Kier molecular flexibility index (Phi) is 2.13. The first-order chi connectivity index (χ1) is 5.86. The lowest BCUT2D eigenvalue weighted by Gasteiger charge is -2.25. The number of hydrogen-bond acceptors (Lipinski definition) is 2. The highest BCUT2D eigenvalue weighted by Crippen LogP contribution is 2.27. The first kappa shape index (κ1) is 7.80. The van der Waals surface area contributed by atoms with E-state index >= 15 is 0 Å². The van der Waals surface area contributed by atoms with Crippen LogP contribution >= 0.6 is 0 Å². The van der Waals surface area contributed by atoms with Crippen LogP contribution in [0.1, 0.15) is 31.7 Å². The Morgan fingerprint density at radius 3 is 3.00 bits per heavy atom. The molecule has 1 saturated carbocycles. The van der Waals surface area contributed by atoms with Crippen molar-refractivity contribution in [1.82, 2.24) is 9.78 Å². The summed E-state index contributed by atoms with van der Waals surface area (Å²) in [6.45, 7) is 0. The van der Waals surface area contributed by atoms with Gasteiger partial charge in [-0.2, -0.15) is 5.10 Å². The monoisotopic (exact) mass is 166 g/mol. The summed E-state index contributed by atoms with van der Waals surface area (Å²) in [6, 6.07) is 2.35. The molecule has 0 spiro atoms. The van der Waals surface area contributed by atoms with Crippen LogP contribution in [0.15, 0.2) is 18.5 Å². The third-order valence-corrected chi connectivity index (χ3v) is 2.52. The lowest BCUT2D eigenvalue weighted by atomic mass is 9.93. The van der Waals surface area contributed by atoms with Crippen molar-refractivity contribution in [1.29, 1.82) is 0 Å². The Balaban J connectivity index is 2.04. The number of rotatable bonds is 1. The van der Waals surface area contributed by atoms with Crippen LogP contribution < -0.4 is 0 Å². The van der Waals surface area contributed by atoms with E-state index in [0.29, 0.717) is 6.04 Å². The smallest absolute Gasteiger partial charge is 0.0560 e. The highest BCUT2D eigenvalue weighted by Gasteiger charge is 2.21. The van der Waals surface area contributed by atoms with E-state index in [4.69, 9.17) is 0 Å². The average molecular weight is 166 g/mol. The van der Waals surface area contributed by atoms with Gasteiger partial charge in [-0.3, -0.25) is 4.68 Å². The van der Waals surface area contributed by atoms with Gasteiger partial charge in [0.15, 0.2) is 0 Å². The summed E-state index contributed by atoms with van der Waals surface area (Å²) in [5.74, 6) is 0. The van der Waals surface area contributed by atoms with Gasteiger partial charge in [0, 0.05) is 12.4 Å². The van der Waals surface area contributed by atoms with Gasteiger partial charge in [-0.15, -0.1) is 0 Å². The number of aliphatic hydroxyl groups excluding tert-OH is 1. The van der Waals surface area contributed by atoms with Crippen molar-refractivity contribution in [3.8, 4) is 0 Å². The second kappa shape index (κ2) is 3.27. The largest absolute Gasteiger partial charge is 0.393 e. The van der Waals surface area contributed by atoms with E-state index in [9.17, 15) is 5.11 Å². The molecule has 1 aromatic rings. The van der Waals surface area contributed by atoms with Gasteiger partial charge in [-0.1, -0.05) is 0 Å². The van der Waals surface area contributed by atoms with Crippen LogP contribution in [0.3, 0.4) is 0 Å². The molecule has 1 aromatic heterocycles. The van der Waals surface area contributed by atoms with Crippen LogP contribution in [0.2, 0.25) is 0 Å². The zero-order chi connectivity index (χ0) is 8.39. The molecule has 2 rings (SSSR count). The lowest BCUT2D eigenvalue weighted by molar-refractivity contribution is 0.100. The minimum Gasteiger partial charge on any atom is -0.393 e. The molecule has 1 fully saturated rings. The van der Waals surface area contributed by atoms with Gasteiger partial charge in [0.05, 0.1) is 12.1 Å². The van der Waals surface area contributed by atoms with Crippen LogP contribution in [-0.4, -0.2) is 21.0 Å². The summed E-state index contributed by atoms with van der Waals surface area (Å²) in [6.07, 6.45) is 7.74. The van der Waals surface area contributed by atoms with E-state index in [1.165, 1.54) is 0 Å². The second-order valence-corrected chi connectivity index (χ2v) is 3.46. The number of aromatic nitrogens is 2. The van der Waals surface area contributed by atoms with Gasteiger partial charge in [0.2, 0.25) is 0 Å². The summed E-state index contributed by atoms with van der Waals surface area (Å²) in [7, 11) is 0. The van der Waals surface area contributed by atoms with E-state index in [2.05, 4.69) is 5.10 Å². The zero-order valence-corrected chi connectivity index (χ0v) is 7.06.